The number of benzene rings is 1. The molecule has 0 radical (unpaired) electrons. The molecule has 2 aliphatic rings. The molecule has 0 aromatic heterocycles. The van der Waals surface area contributed by atoms with Gasteiger partial charge in [0.1, 0.15) is 0 Å². The van der Waals surface area contributed by atoms with Gasteiger partial charge in [-0.15, -0.1) is 0 Å². The third-order valence-corrected chi connectivity index (χ3v) is 4.90. The summed E-state index contributed by atoms with van der Waals surface area (Å²) in [6.07, 6.45) is 5.09. The molecule has 1 aromatic carbocycles. The third kappa shape index (κ3) is 2.18. The Kier molecular flexibility index (Phi) is 3.42. The lowest BCUT2D eigenvalue weighted by atomic mass is 9.51. The summed E-state index contributed by atoms with van der Waals surface area (Å²) in [5, 5.41) is 3.19. The first-order chi connectivity index (χ1) is 9.64. The lowest BCUT2D eigenvalue weighted by Crippen LogP contribution is -2.61. The van der Waals surface area contributed by atoms with Gasteiger partial charge in [-0.05, 0) is 43.9 Å². The molecule has 0 amide bonds. The van der Waals surface area contributed by atoms with Gasteiger partial charge in [-0.25, -0.2) is 4.99 Å². The Morgan fingerprint density at radius 1 is 1.45 bits per heavy atom. The van der Waals surface area contributed by atoms with Crippen LogP contribution in [0.25, 0.3) is 0 Å². The number of rotatable bonds is 3. The van der Waals surface area contributed by atoms with Crippen molar-refractivity contribution in [2.24, 2.45) is 16.1 Å². The predicted molar refractivity (Wildman–Crippen MR) is 81.9 cm³/mol. The molecule has 20 heavy (non-hydrogen) atoms. The Bertz CT molecular complexity index is 522. The molecular formula is C16H23N3O. The Balaban J connectivity index is 1.67. The van der Waals surface area contributed by atoms with Gasteiger partial charge in [-0.3, -0.25) is 0 Å². The van der Waals surface area contributed by atoms with E-state index >= 15 is 0 Å². The van der Waals surface area contributed by atoms with Gasteiger partial charge in [0.15, 0.2) is 5.96 Å². The fourth-order valence-corrected chi connectivity index (χ4v) is 3.55. The molecule has 108 valence electrons. The molecule has 3 N–H and O–H groups in total. The van der Waals surface area contributed by atoms with E-state index in [1.54, 1.807) is 7.11 Å². The van der Waals surface area contributed by atoms with Crippen LogP contribution in [0.4, 0.5) is 5.69 Å². The molecule has 1 spiro atoms. The maximum absolute atomic E-state index is 6.05. The lowest BCUT2D eigenvalue weighted by molar-refractivity contribution is -0.150. The summed E-state index contributed by atoms with van der Waals surface area (Å²) >= 11 is 0. The Hall–Kier alpha value is -1.55. The van der Waals surface area contributed by atoms with Crippen LogP contribution >= 0.6 is 0 Å². The molecular weight excluding hydrogens is 250 g/mol. The first-order valence-electron chi connectivity index (χ1n) is 7.34. The monoisotopic (exact) mass is 273 g/mol. The number of nitrogens with zero attached hydrogens (tertiary/aromatic N) is 1. The molecule has 4 heteroatoms. The third-order valence-electron chi connectivity index (χ3n) is 4.90. The first-order valence-corrected chi connectivity index (χ1v) is 7.34. The van der Waals surface area contributed by atoms with Crippen LogP contribution in [0, 0.1) is 12.3 Å². The Labute approximate surface area is 120 Å². The Morgan fingerprint density at radius 2 is 2.25 bits per heavy atom. The van der Waals surface area contributed by atoms with Crippen molar-refractivity contribution in [1.82, 2.24) is 0 Å². The zero-order chi connectivity index (χ0) is 14.2. The van der Waals surface area contributed by atoms with Crippen LogP contribution in [-0.2, 0) is 4.74 Å². The summed E-state index contributed by atoms with van der Waals surface area (Å²) in [7, 11) is 1.80. The fraction of sp³-hybridized carbons (Fsp3) is 0.562. The molecule has 1 aromatic rings. The van der Waals surface area contributed by atoms with Gasteiger partial charge in [-0.2, -0.15) is 0 Å². The van der Waals surface area contributed by atoms with Crippen LogP contribution in [-0.4, -0.2) is 25.2 Å². The summed E-state index contributed by atoms with van der Waals surface area (Å²) in [6, 6.07) is 8.48. The second kappa shape index (κ2) is 5.09. The minimum atomic E-state index is 0.271. The van der Waals surface area contributed by atoms with Crippen LogP contribution in [0.2, 0.25) is 0 Å². The first kappa shape index (κ1) is 13.4. The minimum Gasteiger partial charge on any atom is -0.381 e. The van der Waals surface area contributed by atoms with Gasteiger partial charge in [0.2, 0.25) is 0 Å². The number of methoxy groups -OCH3 is 1. The van der Waals surface area contributed by atoms with E-state index in [1.165, 1.54) is 24.8 Å². The van der Waals surface area contributed by atoms with Crippen LogP contribution < -0.4 is 11.1 Å². The van der Waals surface area contributed by atoms with E-state index in [9.17, 15) is 0 Å². The smallest absolute Gasteiger partial charge is 0.193 e. The predicted octanol–water partition coefficient (Wildman–Crippen LogP) is 2.68. The average Bonchev–Trinajstić information content (AvgIpc) is 2.32. The molecule has 4 nitrogen and oxygen atoms in total. The van der Waals surface area contributed by atoms with E-state index < -0.39 is 0 Å². The van der Waals surface area contributed by atoms with Gasteiger partial charge in [0.05, 0.1) is 12.1 Å². The van der Waals surface area contributed by atoms with E-state index in [0.29, 0.717) is 18.1 Å². The number of aliphatic imine (C=N–C) groups is 1. The van der Waals surface area contributed by atoms with Gasteiger partial charge in [0, 0.05) is 18.2 Å². The number of hydrogen-bond donors (Lipinski definition) is 2. The maximum Gasteiger partial charge on any atom is 0.193 e. The molecule has 0 heterocycles. The fourth-order valence-electron chi connectivity index (χ4n) is 3.55. The highest BCUT2D eigenvalue weighted by Gasteiger charge is 2.58. The van der Waals surface area contributed by atoms with Crippen LogP contribution in [0.3, 0.4) is 0 Å². The molecule has 2 atom stereocenters. The number of hydrogen-bond acceptors (Lipinski definition) is 2. The number of nitrogens with two attached hydrogens (primary N) is 1. The molecule has 0 bridgehead atoms. The zero-order valence-corrected chi connectivity index (χ0v) is 12.2. The van der Waals surface area contributed by atoms with Crippen LogP contribution in [0.15, 0.2) is 29.3 Å². The Morgan fingerprint density at radius 3 is 2.85 bits per heavy atom. The van der Waals surface area contributed by atoms with Gasteiger partial charge in [-0.1, -0.05) is 18.6 Å². The van der Waals surface area contributed by atoms with Gasteiger partial charge >= 0.3 is 0 Å². The van der Waals surface area contributed by atoms with Crippen molar-refractivity contribution in [3.05, 3.63) is 29.8 Å². The molecule has 2 saturated carbocycles. The highest BCUT2D eigenvalue weighted by Crippen LogP contribution is 2.58. The normalized spacial score (nSPS) is 27.8. The second-order valence-electron chi connectivity index (χ2n) is 6.07. The molecule has 2 unspecified atom stereocenters. The number of aryl methyl sites for hydroxylation is 1. The van der Waals surface area contributed by atoms with Gasteiger partial charge < -0.3 is 15.8 Å². The number of guanidine groups is 1. The molecule has 2 fully saturated rings. The van der Waals surface area contributed by atoms with Crippen molar-refractivity contribution in [1.29, 1.82) is 0 Å². The van der Waals surface area contributed by atoms with Crippen molar-refractivity contribution in [3.63, 3.8) is 0 Å². The summed E-state index contributed by atoms with van der Waals surface area (Å²) in [5.41, 5.74) is 8.53. The van der Waals surface area contributed by atoms with E-state index in [2.05, 4.69) is 29.4 Å². The summed E-state index contributed by atoms with van der Waals surface area (Å²) in [4.78, 5) is 4.68. The van der Waals surface area contributed by atoms with Crippen LogP contribution in [0.1, 0.15) is 31.2 Å². The van der Waals surface area contributed by atoms with E-state index in [1.807, 2.05) is 12.1 Å². The van der Waals surface area contributed by atoms with Crippen molar-refractivity contribution >= 4 is 11.6 Å². The largest absolute Gasteiger partial charge is 0.381 e. The standard InChI is InChI=1S/C16H23N3O/c1-11-5-3-6-12(9-11)18-15(17)19-13-10-14(20-2)16(13)7-4-8-16/h3,5-6,9,13-14H,4,7-8,10H2,1-2H3,(H3,17,18,19). The van der Waals surface area contributed by atoms with Crippen molar-refractivity contribution < 1.29 is 4.74 Å². The lowest BCUT2D eigenvalue weighted by Gasteiger charge is -2.59. The zero-order valence-electron chi connectivity index (χ0n) is 12.2. The van der Waals surface area contributed by atoms with Crippen LogP contribution in [0.5, 0.6) is 0 Å². The number of anilines is 1. The van der Waals surface area contributed by atoms with E-state index in [-0.39, 0.29) is 5.41 Å². The average molecular weight is 273 g/mol. The van der Waals surface area contributed by atoms with Gasteiger partial charge in [0.25, 0.3) is 0 Å². The summed E-state index contributed by atoms with van der Waals surface area (Å²) in [6.45, 7) is 2.07. The minimum absolute atomic E-state index is 0.271. The maximum atomic E-state index is 6.05. The summed E-state index contributed by atoms with van der Waals surface area (Å²) in [5.74, 6) is 0.515. The highest BCUT2D eigenvalue weighted by molar-refractivity contribution is 5.92. The summed E-state index contributed by atoms with van der Waals surface area (Å²) < 4.78 is 5.56. The number of ether oxygens (including phenoxy) is 1. The number of nitrogens with one attached hydrogen (secondary N) is 1. The van der Waals surface area contributed by atoms with Crippen molar-refractivity contribution in [2.45, 2.75) is 44.8 Å². The van der Waals surface area contributed by atoms with Crippen molar-refractivity contribution in [3.8, 4) is 0 Å². The molecule has 0 aliphatic heterocycles. The molecule has 2 aliphatic carbocycles. The quantitative estimate of drug-likeness (QED) is 0.657. The SMILES string of the molecule is COC1CC(N=C(N)Nc2cccc(C)c2)C12CCC2. The highest BCUT2D eigenvalue weighted by atomic mass is 16.5. The van der Waals surface area contributed by atoms with Crippen molar-refractivity contribution in [2.75, 3.05) is 12.4 Å². The van der Waals surface area contributed by atoms with E-state index in [4.69, 9.17) is 10.5 Å². The molecule has 3 rings (SSSR count). The topological polar surface area (TPSA) is 59.6 Å². The molecule has 0 saturated heterocycles. The van der Waals surface area contributed by atoms with E-state index in [0.717, 1.165) is 12.1 Å². The second-order valence-corrected chi connectivity index (χ2v) is 6.07.